The van der Waals surface area contributed by atoms with Gasteiger partial charge in [-0.05, 0) is 25.0 Å². The van der Waals surface area contributed by atoms with Gasteiger partial charge in [0.1, 0.15) is 0 Å². The van der Waals surface area contributed by atoms with E-state index >= 15 is 0 Å². The molecule has 0 radical (unpaired) electrons. The van der Waals surface area contributed by atoms with Crippen molar-refractivity contribution in [2.75, 3.05) is 6.61 Å². The Hall–Kier alpha value is -2.43. The first-order valence-electron chi connectivity index (χ1n) is 8.08. The summed E-state index contributed by atoms with van der Waals surface area (Å²) < 4.78 is 1.93. The molecule has 0 bridgehead atoms. The van der Waals surface area contributed by atoms with Gasteiger partial charge in [-0.1, -0.05) is 48.5 Å². The number of aliphatic hydroxyl groups excluding tert-OH is 2. The van der Waals surface area contributed by atoms with Gasteiger partial charge in [0, 0.05) is 11.1 Å². The smallest absolute Gasteiger partial charge is 0.0963 e. The molecule has 2 aromatic carbocycles. The highest BCUT2D eigenvalue weighted by Gasteiger charge is 2.19. The molecule has 0 saturated heterocycles. The molecule has 0 spiro atoms. The summed E-state index contributed by atoms with van der Waals surface area (Å²) in [4.78, 5) is 4.60. The van der Waals surface area contributed by atoms with E-state index in [1.54, 1.807) is 6.33 Å². The van der Waals surface area contributed by atoms with Crippen LogP contribution in [0.2, 0.25) is 0 Å². The lowest BCUT2D eigenvalue weighted by Crippen LogP contribution is -2.20. The minimum Gasteiger partial charge on any atom is -0.394 e. The molecule has 1 unspecified atom stereocenters. The van der Waals surface area contributed by atoms with Gasteiger partial charge in [0.25, 0.3) is 0 Å². The zero-order valence-corrected chi connectivity index (χ0v) is 14.0. The predicted octanol–water partition coefficient (Wildman–Crippen LogP) is 3.19. The Balaban J connectivity index is 2.22. The third-order valence-corrected chi connectivity index (χ3v) is 4.22. The van der Waals surface area contributed by atoms with E-state index in [0.717, 1.165) is 33.6 Å². The average molecular weight is 322 g/mol. The standard InChI is InChI=1S/C20H22N2O2/c1-14-7-6-8-15(2)18(14)20-19(16-9-4-3-5-10-16)21-13-22(20)11-17(24)12-23/h3-10,13,17,23-24H,11-12H2,1-2H3. The fraction of sp³-hybridized carbons (Fsp3) is 0.250. The van der Waals surface area contributed by atoms with Crippen LogP contribution < -0.4 is 0 Å². The summed E-state index contributed by atoms with van der Waals surface area (Å²) in [5.41, 5.74) is 6.34. The van der Waals surface area contributed by atoms with Crippen molar-refractivity contribution in [1.82, 2.24) is 9.55 Å². The molecule has 0 amide bonds. The molecule has 4 heteroatoms. The lowest BCUT2D eigenvalue weighted by molar-refractivity contribution is 0.0815. The van der Waals surface area contributed by atoms with E-state index < -0.39 is 6.10 Å². The summed E-state index contributed by atoms with van der Waals surface area (Å²) >= 11 is 0. The zero-order valence-electron chi connectivity index (χ0n) is 14.0. The molecular formula is C20H22N2O2. The van der Waals surface area contributed by atoms with Crippen molar-refractivity contribution in [1.29, 1.82) is 0 Å². The van der Waals surface area contributed by atoms with Gasteiger partial charge in [-0.25, -0.2) is 4.98 Å². The number of benzene rings is 2. The second-order valence-corrected chi connectivity index (χ2v) is 6.06. The molecule has 3 aromatic rings. The molecule has 0 aliphatic heterocycles. The molecule has 1 heterocycles. The Bertz CT molecular complexity index is 805. The van der Waals surface area contributed by atoms with Crippen LogP contribution in [0.15, 0.2) is 54.9 Å². The van der Waals surface area contributed by atoms with Crippen molar-refractivity contribution < 1.29 is 10.2 Å². The number of aliphatic hydroxyl groups is 2. The predicted molar refractivity (Wildman–Crippen MR) is 95.7 cm³/mol. The summed E-state index contributed by atoms with van der Waals surface area (Å²) in [5.74, 6) is 0. The van der Waals surface area contributed by atoms with E-state index in [-0.39, 0.29) is 6.61 Å². The largest absolute Gasteiger partial charge is 0.394 e. The third kappa shape index (κ3) is 3.11. The van der Waals surface area contributed by atoms with Crippen molar-refractivity contribution in [3.63, 3.8) is 0 Å². The van der Waals surface area contributed by atoms with Gasteiger partial charge in [0.2, 0.25) is 0 Å². The van der Waals surface area contributed by atoms with Crippen molar-refractivity contribution >= 4 is 0 Å². The topological polar surface area (TPSA) is 58.3 Å². The lowest BCUT2D eigenvalue weighted by Gasteiger charge is -2.17. The van der Waals surface area contributed by atoms with Gasteiger partial charge in [-0.2, -0.15) is 0 Å². The Morgan fingerprint density at radius 2 is 1.67 bits per heavy atom. The van der Waals surface area contributed by atoms with Gasteiger partial charge in [0.05, 0.1) is 37.0 Å². The molecule has 0 saturated carbocycles. The summed E-state index contributed by atoms with van der Waals surface area (Å²) in [5, 5.41) is 19.1. The summed E-state index contributed by atoms with van der Waals surface area (Å²) in [6.07, 6.45) is 0.925. The van der Waals surface area contributed by atoms with Crippen molar-refractivity contribution in [2.24, 2.45) is 0 Å². The maximum Gasteiger partial charge on any atom is 0.0963 e. The Morgan fingerprint density at radius 1 is 1.00 bits per heavy atom. The monoisotopic (exact) mass is 322 g/mol. The minimum absolute atomic E-state index is 0.273. The first-order chi connectivity index (χ1) is 11.6. The molecule has 1 atom stereocenters. The molecule has 0 aliphatic rings. The quantitative estimate of drug-likeness (QED) is 0.758. The molecule has 124 valence electrons. The first kappa shape index (κ1) is 16.4. The van der Waals surface area contributed by atoms with Crippen molar-refractivity contribution in [3.05, 3.63) is 66.0 Å². The Kier molecular flexibility index (Phi) is 4.79. The second kappa shape index (κ2) is 6.99. The van der Waals surface area contributed by atoms with Gasteiger partial charge in [-0.15, -0.1) is 0 Å². The van der Waals surface area contributed by atoms with Crippen LogP contribution in [0.1, 0.15) is 11.1 Å². The second-order valence-electron chi connectivity index (χ2n) is 6.06. The molecule has 0 fully saturated rings. The zero-order chi connectivity index (χ0) is 17.1. The maximum absolute atomic E-state index is 9.90. The fourth-order valence-electron chi connectivity index (χ4n) is 3.06. The number of rotatable bonds is 5. The SMILES string of the molecule is Cc1cccc(C)c1-c1c(-c2ccccc2)ncn1CC(O)CO. The van der Waals surface area contributed by atoms with E-state index in [1.807, 2.05) is 41.0 Å². The van der Waals surface area contributed by atoms with E-state index in [2.05, 4.69) is 31.0 Å². The number of nitrogens with zero attached hydrogens (tertiary/aromatic N) is 2. The summed E-state index contributed by atoms with van der Waals surface area (Å²) in [6, 6.07) is 16.2. The number of aromatic nitrogens is 2. The number of imidazole rings is 1. The van der Waals surface area contributed by atoms with Crippen LogP contribution in [0.3, 0.4) is 0 Å². The summed E-state index contributed by atoms with van der Waals surface area (Å²) in [7, 11) is 0. The lowest BCUT2D eigenvalue weighted by atomic mass is 9.96. The van der Waals surface area contributed by atoms with E-state index in [0.29, 0.717) is 6.54 Å². The van der Waals surface area contributed by atoms with Crippen molar-refractivity contribution in [2.45, 2.75) is 26.5 Å². The number of hydrogen-bond donors (Lipinski definition) is 2. The highest BCUT2D eigenvalue weighted by molar-refractivity contribution is 5.81. The highest BCUT2D eigenvalue weighted by atomic mass is 16.3. The van der Waals surface area contributed by atoms with Crippen LogP contribution in [-0.2, 0) is 6.54 Å². The molecule has 2 N–H and O–H groups in total. The van der Waals surface area contributed by atoms with Crippen LogP contribution >= 0.6 is 0 Å². The van der Waals surface area contributed by atoms with Gasteiger partial charge < -0.3 is 14.8 Å². The average Bonchev–Trinajstić information content (AvgIpc) is 2.99. The minimum atomic E-state index is -0.814. The third-order valence-electron chi connectivity index (χ3n) is 4.22. The van der Waals surface area contributed by atoms with Gasteiger partial charge in [0.15, 0.2) is 0 Å². The first-order valence-corrected chi connectivity index (χ1v) is 8.08. The highest BCUT2D eigenvalue weighted by Crippen LogP contribution is 2.35. The molecule has 1 aromatic heterocycles. The van der Waals surface area contributed by atoms with Crippen molar-refractivity contribution in [3.8, 4) is 22.5 Å². The normalized spacial score (nSPS) is 12.3. The van der Waals surface area contributed by atoms with Crippen LogP contribution in [0.5, 0.6) is 0 Å². The van der Waals surface area contributed by atoms with Crippen LogP contribution in [0.25, 0.3) is 22.5 Å². The van der Waals surface area contributed by atoms with Gasteiger partial charge >= 0.3 is 0 Å². The number of aryl methyl sites for hydroxylation is 2. The van der Waals surface area contributed by atoms with E-state index in [9.17, 15) is 10.2 Å². The Labute approximate surface area is 142 Å². The van der Waals surface area contributed by atoms with E-state index in [1.165, 1.54) is 0 Å². The molecule has 24 heavy (non-hydrogen) atoms. The molecule has 3 rings (SSSR count). The van der Waals surface area contributed by atoms with Gasteiger partial charge in [-0.3, -0.25) is 0 Å². The molecule has 0 aliphatic carbocycles. The van der Waals surface area contributed by atoms with E-state index in [4.69, 9.17) is 0 Å². The number of hydrogen-bond acceptors (Lipinski definition) is 3. The van der Waals surface area contributed by atoms with Crippen LogP contribution in [-0.4, -0.2) is 32.5 Å². The maximum atomic E-state index is 9.90. The molecular weight excluding hydrogens is 300 g/mol. The molecule has 4 nitrogen and oxygen atoms in total. The fourth-order valence-corrected chi connectivity index (χ4v) is 3.06. The summed E-state index contributed by atoms with van der Waals surface area (Å²) in [6.45, 7) is 4.19. The van der Waals surface area contributed by atoms with Crippen LogP contribution in [0.4, 0.5) is 0 Å². The Morgan fingerprint density at radius 3 is 2.29 bits per heavy atom. The van der Waals surface area contributed by atoms with Crippen LogP contribution in [0, 0.1) is 13.8 Å².